The average Bonchev–Trinajstić information content (AvgIpc) is 2.90. The van der Waals surface area contributed by atoms with E-state index in [2.05, 4.69) is 36.1 Å². The van der Waals surface area contributed by atoms with Gasteiger partial charge in [0, 0.05) is 18.5 Å². The second-order valence-corrected chi connectivity index (χ2v) is 9.13. The number of nitrogens with zero attached hydrogens (tertiary/aromatic N) is 1. The van der Waals surface area contributed by atoms with E-state index in [9.17, 15) is 4.79 Å². The zero-order chi connectivity index (χ0) is 16.3. The number of likely N-dealkylation sites (tertiary alicyclic amines) is 1. The molecule has 1 aliphatic heterocycles. The van der Waals surface area contributed by atoms with Gasteiger partial charge in [-0.3, -0.25) is 4.79 Å². The van der Waals surface area contributed by atoms with Crippen molar-refractivity contribution in [3.63, 3.8) is 0 Å². The maximum atomic E-state index is 13.1. The molecule has 1 amide bonds. The van der Waals surface area contributed by atoms with Crippen molar-refractivity contribution in [3.8, 4) is 0 Å². The molecule has 1 unspecified atom stereocenters. The minimum absolute atomic E-state index is 0.227. The van der Waals surface area contributed by atoms with Crippen LogP contribution < -0.4 is 0 Å². The van der Waals surface area contributed by atoms with Crippen LogP contribution in [0.15, 0.2) is 24.3 Å². The fourth-order valence-corrected chi connectivity index (χ4v) is 6.66. The van der Waals surface area contributed by atoms with Crippen molar-refractivity contribution < 1.29 is 4.79 Å². The standard InChI is InChI=1S/C22H29NO/c1-14-2-4-15(5-3-14)9-18-6-7-23(22(18)24)21-19-10-16-8-17(12-19)13-20(21)11-16/h2-5,16-21H,6-13H2,1H3. The fourth-order valence-electron chi connectivity index (χ4n) is 6.66. The second kappa shape index (κ2) is 5.61. The Bertz CT molecular complexity index is 606. The molecular formula is C22H29NO. The molecule has 2 heteroatoms. The van der Waals surface area contributed by atoms with Gasteiger partial charge in [-0.05, 0) is 81.1 Å². The Balaban J connectivity index is 1.30. The molecule has 0 N–H and O–H groups in total. The van der Waals surface area contributed by atoms with E-state index in [1.807, 2.05) is 0 Å². The van der Waals surface area contributed by atoms with Crippen LogP contribution in [0.5, 0.6) is 0 Å². The van der Waals surface area contributed by atoms with E-state index < -0.39 is 0 Å². The molecule has 1 saturated heterocycles. The van der Waals surface area contributed by atoms with Crippen molar-refractivity contribution in [2.45, 2.75) is 57.9 Å². The summed E-state index contributed by atoms with van der Waals surface area (Å²) in [6.45, 7) is 3.14. The van der Waals surface area contributed by atoms with Crippen LogP contribution >= 0.6 is 0 Å². The Labute approximate surface area is 145 Å². The van der Waals surface area contributed by atoms with Crippen molar-refractivity contribution in [3.05, 3.63) is 35.4 Å². The normalized spacial score (nSPS) is 40.5. The SMILES string of the molecule is Cc1ccc(CC2CCN(C3C4CC5CC(C4)CC3C5)C2=O)cc1. The lowest BCUT2D eigenvalue weighted by Crippen LogP contribution is -2.56. The maximum absolute atomic E-state index is 13.1. The lowest BCUT2D eigenvalue weighted by Gasteiger charge is -2.56. The molecule has 2 nitrogen and oxygen atoms in total. The highest BCUT2D eigenvalue weighted by Gasteiger charge is 2.52. The topological polar surface area (TPSA) is 20.3 Å². The summed E-state index contributed by atoms with van der Waals surface area (Å²) < 4.78 is 0. The van der Waals surface area contributed by atoms with Gasteiger partial charge in [0.05, 0.1) is 0 Å². The second-order valence-electron chi connectivity index (χ2n) is 9.13. The summed E-state index contributed by atoms with van der Waals surface area (Å²) in [5, 5.41) is 0. The van der Waals surface area contributed by atoms with Crippen LogP contribution in [-0.4, -0.2) is 23.4 Å². The molecule has 5 fully saturated rings. The number of carbonyl (C=O) groups is 1. The van der Waals surface area contributed by atoms with Gasteiger partial charge in [-0.2, -0.15) is 0 Å². The summed E-state index contributed by atoms with van der Waals surface area (Å²) in [6, 6.07) is 9.34. The summed E-state index contributed by atoms with van der Waals surface area (Å²) in [7, 11) is 0. The number of benzene rings is 1. The van der Waals surface area contributed by atoms with E-state index in [0.29, 0.717) is 11.9 Å². The van der Waals surface area contributed by atoms with Crippen molar-refractivity contribution in [1.29, 1.82) is 0 Å². The first-order chi connectivity index (χ1) is 11.7. The van der Waals surface area contributed by atoms with Crippen LogP contribution in [0.25, 0.3) is 0 Å². The molecule has 24 heavy (non-hydrogen) atoms. The van der Waals surface area contributed by atoms with Gasteiger partial charge in [0.15, 0.2) is 0 Å². The van der Waals surface area contributed by atoms with E-state index in [1.54, 1.807) is 0 Å². The van der Waals surface area contributed by atoms with Crippen LogP contribution in [0.2, 0.25) is 0 Å². The molecule has 1 heterocycles. The van der Waals surface area contributed by atoms with E-state index in [-0.39, 0.29) is 5.92 Å². The molecule has 6 rings (SSSR count). The van der Waals surface area contributed by atoms with Crippen molar-refractivity contribution in [1.82, 2.24) is 4.90 Å². The molecule has 1 atom stereocenters. The minimum Gasteiger partial charge on any atom is -0.339 e. The van der Waals surface area contributed by atoms with Crippen molar-refractivity contribution >= 4 is 5.91 Å². The predicted octanol–water partition coefficient (Wildman–Crippen LogP) is 4.21. The molecule has 0 spiro atoms. The average molecular weight is 323 g/mol. The van der Waals surface area contributed by atoms with Crippen molar-refractivity contribution in [2.75, 3.05) is 6.54 Å². The van der Waals surface area contributed by atoms with E-state index in [4.69, 9.17) is 0 Å². The van der Waals surface area contributed by atoms with Gasteiger partial charge in [-0.1, -0.05) is 29.8 Å². The zero-order valence-corrected chi connectivity index (χ0v) is 14.8. The minimum atomic E-state index is 0.227. The first kappa shape index (κ1) is 15.0. The number of rotatable bonds is 3. The molecule has 1 aromatic carbocycles. The molecule has 4 saturated carbocycles. The number of aryl methyl sites for hydroxylation is 1. The summed E-state index contributed by atoms with van der Waals surface area (Å²) in [5.74, 6) is 4.32. The highest BCUT2D eigenvalue weighted by atomic mass is 16.2. The maximum Gasteiger partial charge on any atom is 0.226 e. The molecule has 0 radical (unpaired) electrons. The highest BCUT2D eigenvalue weighted by Crippen LogP contribution is 2.55. The van der Waals surface area contributed by atoms with Crippen LogP contribution in [0.3, 0.4) is 0 Å². The first-order valence-electron chi connectivity index (χ1n) is 10.0. The molecule has 1 aromatic rings. The molecule has 0 aromatic heterocycles. The van der Waals surface area contributed by atoms with Crippen molar-refractivity contribution in [2.24, 2.45) is 29.6 Å². The first-order valence-corrected chi connectivity index (χ1v) is 10.0. The third-order valence-electron chi connectivity index (χ3n) is 7.49. The van der Waals surface area contributed by atoms with Gasteiger partial charge in [-0.25, -0.2) is 0 Å². The van der Waals surface area contributed by atoms with Gasteiger partial charge >= 0.3 is 0 Å². The summed E-state index contributed by atoms with van der Waals surface area (Å²) in [4.78, 5) is 15.5. The van der Waals surface area contributed by atoms with Crippen LogP contribution in [0.4, 0.5) is 0 Å². The molecule has 128 valence electrons. The Morgan fingerprint density at radius 2 is 1.58 bits per heavy atom. The number of carbonyl (C=O) groups excluding carboxylic acids is 1. The summed E-state index contributed by atoms with van der Waals surface area (Å²) in [5.41, 5.74) is 2.62. The Morgan fingerprint density at radius 3 is 2.21 bits per heavy atom. The molecule has 4 bridgehead atoms. The quantitative estimate of drug-likeness (QED) is 0.816. The lowest BCUT2D eigenvalue weighted by molar-refractivity contribution is -0.141. The molecule has 5 aliphatic rings. The van der Waals surface area contributed by atoms with Gasteiger partial charge in [-0.15, -0.1) is 0 Å². The van der Waals surface area contributed by atoms with Gasteiger partial charge in [0.1, 0.15) is 0 Å². The fraction of sp³-hybridized carbons (Fsp3) is 0.682. The largest absolute Gasteiger partial charge is 0.339 e. The Morgan fingerprint density at radius 1 is 0.958 bits per heavy atom. The van der Waals surface area contributed by atoms with Gasteiger partial charge in [0.2, 0.25) is 5.91 Å². The monoisotopic (exact) mass is 323 g/mol. The highest BCUT2D eigenvalue weighted by molar-refractivity contribution is 5.81. The third-order valence-corrected chi connectivity index (χ3v) is 7.49. The van der Waals surface area contributed by atoms with Crippen LogP contribution in [-0.2, 0) is 11.2 Å². The summed E-state index contributed by atoms with van der Waals surface area (Å²) in [6.07, 6.45) is 9.12. The smallest absolute Gasteiger partial charge is 0.226 e. The lowest BCUT2D eigenvalue weighted by atomic mass is 9.54. The van der Waals surface area contributed by atoms with Crippen LogP contribution in [0.1, 0.15) is 49.7 Å². The van der Waals surface area contributed by atoms with E-state index in [0.717, 1.165) is 43.1 Å². The van der Waals surface area contributed by atoms with E-state index >= 15 is 0 Å². The Hall–Kier alpha value is -1.31. The zero-order valence-electron chi connectivity index (χ0n) is 14.8. The van der Waals surface area contributed by atoms with Crippen LogP contribution in [0, 0.1) is 36.5 Å². The number of hydrogen-bond donors (Lipinski definition) is 0. The summed E-state index contributed by atoms with van der Waals surface area (Å²) >= 11 is 0. The van der Waals surface area contributed by atoms with Gasteiger partial charge < -0.3 is 4.90 Å². The van der Waals surface area contributed by atoms with Gasteiger partial charge in [0.25, 0.3) is 0 Å². The number of amides is 1. The molecular weight excluding hydrogens is 294 g/mol. The third kappa shape index (κ3) is 2.41. The number of hydrogen-bond acceptors (Lipinski definition) is 1. The molecule has 4 aliphatic carbocycles. The predicted molar refractivity (Wildman–Crippen MR) is 95.5 cm³/mol. The van der Waals surface area contributed by atoms with E-state index in [1.165, 1.54) is 43.2 Å². The Kier molecular flexibility index (Phi) is 3.50.